The van der Waals surface area contributed by atoms with E-state index in [1.54, 1.807) is 12.1 Å². The molecule has 0 aliphatic heterocycles. The molecule has 1 aromatic carbocycles. The number of non-ortho nitro benzene ring substituents is 1. The summed E-state index contributed by atoms with van der Waals surface area (Å²) in [4.78, 5) is 14.8. The molecule has 8 nitrogen and oxygen atoms in total. The van der Waals surface area contributed by atoms with E-state index >= 15 is 0 Å². The fraction of sp³-hybridized carbons (Fsp3) is 0.118. The van der Waals surface area contributed by atoms with Gasteiger partial charge < -0.3 is 4.42 Å². The lowest BCUT2D eigenvalue weighted by Crippen LogP contribution is -1.89. The molecule has 0 bridgehead atoms. The lowest BCUT2D eigenvalue weighted by Gasteiger charge is -1.99. The molecule has 0 atom stereocenters. The van der Waals surface area contributed by atoms with Crippen LogP contribution in [0.4, 0.5) is 5.69 Å². The van der Waals surface area contributed by atoms with Gasteiger partial charge in [0.05, 0.1) is 10.6 Å². The minimum Gasteiger partial charge on any atom is -0.410 e. The standard InChI is InChI=1S/C17H12BrN5O3S/c1-10-15(22-8-12(18)4-7-14(22)19-10)16-20-21-17(26-16)27-9-11-2-5-13(6-3-11)23(24)25/h2-8H,9H2,1H3. The van der Waals surface area contributed by atoms with Crippen LogP contribution in [0.3, 0.4) is 0 Å². The van der Waals surface area contributed by atoms with E-state index in [4.69, 9.17) is 4.42 Å². The molecular weight excluding hydrogens is 434 g/mol. The summed E-state index contributed by atoms with van der Waals surface area (Å²) in [6.07, 6.45) is 1.90. The van der Waals surface area contributed by atoms with Crippen LogP contribution >= 0.6 is 27.7 Å². The number of nitro benzene ring substituents is 1. The summed E-state index contributed by atoms with van der Waals surface area (Å²) in [5, 5.41) is 19.4. The number of hydrogen-bond acceptors (Lipinski definition) is 7. The van der Waals surface area contributed by atoms with Crippen molar-refractivity contribution < 1.29 is 9.34 Å². The molecule has 0 aliphatic carbocycles. The Morgan fingerprint density at radius 2 is 2.00 bits per heavy atom. The maximum atomic E-state index is 10.7. The van der Waals surface area contributed by atoms with Gasteiger partial charge in [-0.25, -0.2) is 4.98 Å². The fourth-order valence-electron chi connectivity index (χ4n) is 2.62. The zero-order chi connectivity index (χ0) is 19.0. The third kappa shape index (κ3) is 3.58. The van der Waals surface area contributed by atoms with Crippen LogP contribution in [0.1, 0.15) is 11.3 Å². The van der Waals surface area contributed by atoms with Gasteiger partial charge in [0.1, 0.15) is 11.3 Å². The molecule has 4 rings (SSSR count). The molecule has 0 fully saturated rings. The second kappa shape index (κ2) is 7.12. The molecule has 0 unspecified atom stereocenters. The van der Waals surface area contributed by atoms with Crippen molar-refractivity contribution in [2.45, 2.75) is 17.9 Å². The number of thioether (sulfide) groups is 1. The second-order valence-corrected chi connectivity index (χ2v) is 7.55. The van der Waals surface area contributed by atoms with Crippen LogP contribution < -0.4 is 0 Å². The predicted molar refractivity (Wildman–Crippen MR) is 104 cm³/mol. The van der Waals surface area contributed by atoms with Crippen molar-refractivity contribution >= 4 is 39.0 Å². The molecule has 27 heavy (non-hydrogen) atoms. The Balaban J connectivity index is 1.55. The van der Waals surface area contributed by atoms with Gasteiger partial charge in [-0.05, 0) is 40.5 Å². The summed E-state index contributed by atoms with van der Waals surface area (Å²) in [6, 6.07) is 10.2. The molecule has 0 aliphatic rings. The van der Waals surface area contributed by atoms with Gasteiger partial charge in [0.15, 0.2) is 0 Å². The van der Waals surface area contributed by atoms with Gasteiger partial charge in [-0.2, -0.15) is 0 Å². The number of pyridine rings is 1. The highest BCUT2D eigenvalue weighted by molar-refractivity contribution is 9.10. The van der Waals surface area contributed by atoms with Gasteiger partial charge in [-0.1, -0.05) is 23.9 Å². The smallest absolute Gasteiger partial charge is 0.277 e. The highest BCUT2D eigenvalue weighted by atomic mass is 79.9. The summed E-state index contributed by atoms with van der Waals surface area (Å²) in [6.45, 7) is 1.89. The molecule has 10 heteroatoms. The third-order valence-corrected chi connectivity index (χ3v) is 5.23. The van der Waals surface area contributed by atoms with Crippen LogP contribution in [-0.4, -0.2) is 24.5 Å². The first-order valence-electron chi connectivity index (χ1n) is 7.85. The summed E-state index contributed by atoms with van der Waals surface area (Å²) in [5.41, 5.74) is 3.34. The topological polar surface area (TPSA) is 99.4 Å². The summed E-state index contributed by atoms with van der Waals surface area (Å²) in [7, 11) is 0. The van der Waals surface area contributed by atoms with Crippen molar-refractivity contribution in [1.82, 2.24) is 19.6 Å². The number of halogens is 1. The zero-order valence-electron chi connectivity index (χ0n) is 14.0. The summed E-state index contributed by atoms with van der Waals surface area (Å²) in [5.74, 6) is 0.960. The van der Waals surface area contributed by atoms with Crippen molar-refractivity contribution in [2.24, 2.45) is 0 Å². The first-order valence-corrected chi connectivity index (χ1v) is 9.63. The number of benzene rings is 1. The number of hydrogen-bond donors (Lipinski definition) is 0. The number of aryl methyl sites for hydroxylation is 1. The molecular formula is C17H12BrN5O3S. The van der Waals surface area contributed by atoms with Crippen LogP contribution in [0.2, 0.25) is 0 Å². The van der Waals surface area contributed by atoms with Crippen LogP contribution in [0.25, 0.3) is 17.2 Å². The molecule has 0 saturated carbocycles. The monoisotopic (exact) mass is 445 g/mol. The highest BCUT2D eigenvalue weighted by Gasteiger charge is 2.18. The minimum atomic E-state index is -0.419. The van der Waals surface area contributed by atoms with E-state index in [0.717, 1.165) is 27.1 Å². The van der Waals surface area contributed by atoms with E-state index < -0.39 is 4.92 Å². The highest BCUT2D eigenvalue weighted by Crippen LogP contribution is 2.29. The van der Waals surface area contributed by atoms with Crippen LogP contribution in [0.5, 0.6) is 0 Å². The molecule has 136 valence electrons. The average molecular weight is 446 g/mol. The molecule has 4 aromatic rings. The van der Waals surface area contributed by atoms with Gasteiger partial charge in [-0.15, -0.1) is 10.2 Å². The molecule has 0 radical (unpaired) electrons. The molecule has 0 saturated heterocycles. The molecule has 0 spiro atoms. The van der Waals surface area contributed by atoms with Crippen molar-refractivity contribution in [3.05, 3.63) is 68.4 Å². The zero-order valence-corrected chi connectivity index (χ0v) is 16.4. The Morgan fingerprint density at radius 1 is 1.22 bits per heavy atom. The van der Waals surface area contributed by atoms with Gasteiger partial charge >= 0.3 is 0 Å². The Bertz CT molecular complexity index is 1140. The normalized spacial score (nSPS) is 11.2. The van der Waals surface area contributed by atoms with E-state index in [2.05, 4.69) is 31.1 Å². The number of fused-ring (bicyclic) bond motifs is 1. The van der Waals surface area contributed by atoms with E-state index in [0.29, 0.717) is 16.9 Å². The van der Waals surface area contributed by atoms with Crippen molar-refractivity contribution in [1.29, 1.82) is 0 Å². The van der Waals surface area contributed by atoms with Crippen molar-refractivity contribution in [2.75, 3.05) is 0 Å². The van der Waals surface area contributed by atoms with Crippen LogP contribution in [0.15, 0.2) is 56.7 Å². The largest absolute Gasteiger partial charge is 0.410 e. The van der Waals surface area contributed by atoms with Gasteiger partial charge in [0.2, 0.25) is 0 Å². The maximum absolute atomic E-state index is 10.7. The number of rotatable bonds is 5. The molecule has 3 aromatic heterocycles. The first kappa shape index (κ1) is 17.7. The van der Waals surface area contributed by atoms with Crippen LogP contribution in [0, 0.1) is 17.0 Å². The molecule has 3 heterocycles. The molecule has 0 amide bonds. The average Bonchev–Trinajstić information content (AvgIpc) is 3.23. The van der Waals surface area contributed by atoms with Crippen molar-refractivity contribution in [3.63, 3.8) is 0 Å². The van der Waals surface area contributed by atoms with Crippen LogP contribution in [-0.2, 0) is 5.75 Å². The Kier molecular flexibility index (Phi) is 4.66. The van der Waals surface area contributed by atoms with Crippen molar-refractivity contribution in [3.8, 4) is 11.6 Å². The lowest BCUT2D eigenvalue weighted by molar-refractivity contribution is -0.384. The van der Waals surface area contributed by atoms with E-state index in [1.807, 2.05) is 29.7 Å². The third-order valence-electron chi connectivity index (χ3n) is 3.88. The second-order valence-electron chi connectivity index (χ2n) is 5.71. The summed E-state index contributed by atoms with van der Waals surface area (Å²) >= 11 is 4.83. The first-order chi connectivity index (χ1) is 13.0. The summed E-state index contributed by atoms with van der Waals surface area (Å²) < 4.78 is 8.61. The number of aromatic nitrogens is 4. The number of nitro groups is 1. The van der Waals surface area contributed by atoms with E-state index in [9.17, 15) is 10.1 Å². The van der Waals surface area contributed by atoms with Gasteiger partial charge in [0, 0.05) is 28.6 Å². The van der Waals surface area contributed by atoms with Gasteiger partial charge in [0.25, 0.3) is 16.8 Å². The predicted octanol–water partition coefficient (Wildman–Crippen LogP) is 4.66. The lowest BCUT2D eigenvalue weighted by atomic mass is 10.2. The molecule has 0 N–H and O–H groups in total. The quantitative estimate of drug-likeness (QED) is 0.250. The fourth-order valence-corrected chi connectivity index (χ4v) is 3.67. The van der Waals surface area contributed by atoms with E-state index in [1.165, 1.54) is 23.9 Å². The Morgan fingerprint density at radius 3 is 2.74 bits per heavy atom. The number of imidazole rings is 1. The Hall–Kier alpha value is -2.72. The van der Waals surface area contributed by atoms with E-state index in [-0.39, 0.29) is 5.69 Å². The van der Waals surface area contributed by atoms with Gasteiger partial charge in [-0.3, -0.25) is 14.5 Å². The Labute approximate surface area is 165 Å². The number of nitrogens with zero attached hydrogens (tertiary/aromatic N) is 5. The minimum absolute atomic E-state index is 0.0677. The SMILES string of the molecule is Cc1nc2ccc(Br)cn2c1-c1nnc(SCc2ccc([N+](=O)[O-])cc2)o1. The maximum Gasteiger partial charge on any atom is 0.277 e.